The van der Waals surface area contributed by atoms with Gasteiger partial charge in [0.05, 0.1) is 5.60 Å². The van der Waals surface area contributed by atoms with Gasteiger partial charge in [-0.3, -0.25) is 9.69 Å². The lowest BCUT2D eigenvalue weighted by Gasteiger charge is -2.37. The highest BCUT2D eigenvalue weighted by Gasteiger charge is 2.26. The largest absolute Gasteiger partial charge is 0.389 e. The zero-order valence-corrected chi connectivity index (χ0v) is 12.7. The Morgan fingerprint density at radius 1 is 1.30 bits per heavy atom. The summed E-state index contributed by atoms with van der Waals surface area (Å²) < 4.78 is 1.98. The summed E-state index contributed by atoms with van der Waals surface area (Å²) in [5.74, 6) is 0.111. The molecule has 0 aliphatic carbocycles. The lowest BCUT2D eigenvalue weighted by molar-refractivity contribution is 0.0176. The Hall–Kier alpha value is -1.33. The maximum absolute atomic E-state index is 12.5. The van der Waals surface area contributed by atoms with Crippen molar-refractivity contribution in [2.45, 2.75) is 32.9 Å². The number of β-amino-alcohol motifs (C(OH)–C–C–N with tert-alkyl or cyclic N) is 1. The van der Waals surface area contributed by atoms with E-state index < -0.39 is 5.60 Å². The molecule has 1 aliphatic rings. The number of amides is 1. The van der Waals surface area contributed by atoms with Crippen molar-refractivity contribution in [2.24, 2.45) is 0 Å². The minimum Gasteiger partial charge on any atom is -0.389 e. The molecule has 0 bridgehead atoms. The third-order valence-corrected chi connectivity index (χ3v) is 3.66. The number of rotatable bonds is 4. The SMILES string of the molecule is CCn1cccc1C(=O)N1CCN(CC(C)(C)O)CC1. The van der Waals surface area contributed by atoms with E-state index in [-0.39, 0.29) is 5.91 Å². The maximum Gasteiger partial charge on any atom is 0.270 e. The topological polar surface area (TPSA) is 48.7 Å². The number of piperazine rings is 1. The predicted octanol–water partition coefficient (Wildman–Crippen LogP) is 1.04. The van der Waals surface area contributed by atoms with Gasteiger partial charge in [-0.05, 0) is 32.9 Å². The third kappa shape index (κ3) is 3.61. The molecule has 0 aromatic carbocycles. The van der Waals surface area contributed by atoms with E-state index in [1.807, 2.05) is 48.6 Å². The van der Waals surface area contributed by atoms with Crippen LogP contribution < -0.4 is 0 Å². The van der Waals surface area contributed by atoms with Crippen molar-refractivity contribution in [2.75, 3.05) is 32.7 Å². The molecule has 20 heavy (non-hydrogen) atoms. The van der Waals surface area contributed by atoms with Crippen molar-refractivity contribution in [1.29, 1.82) is 0 Å². The average molecular weight is 279 g/mol. The van der Waals surface area contributed by atoms with Gasteiger partial charge in [-0.1, -0.05) is 0 Å². The van der Waals surface area contributed by atoms with E-state index in [1.165, 1.54) is 0 Å². The van der Waals surface area contributed by atoms with E-state index >= 15 is 0 Å². The molecule has 0 unspecified atom stereocenters. The summed E-state index contributed by atoms with van der Waals surface area (Å²) in [5.41, 5.74) is 0.0896. The second-order valence-electron chi connectivity index (χ2n) is 6.06. The molecule has 0 atom stereocenters. The highest BCUT2D eigenvalue weighted by molar-refractivity contribution is 5.92. The average Bonchev–Trinajstić information content (AvgIpc) is 2.85. The fourth-order valence-corrected chi connectivity index (χ4v) is 2.70. The molecule has 1 fully saturated rings. The molecule has 5 nitrogen and oxygen atoms in total. The Labute approximate surface area is 120 Å². The lowest BCUT2D eigenvalue weighted by atomic mass is 10.1. The molecule has 0 spiro atoms. The van der Waals surface area contributed by atoms with Crippen molar-refractivity contribution in [1.82, 2.24) is 14.4 Å². The van der Waals surface area contributed by atoms with Crippen LogP contribution in [0.3, 0.4) is 0 Å². The van der Waals surface area contributed by atoms with E-state index in [1.54, 1.807) is 0 Å². The van der Waals surface area contributed by atoms with Crippen LogP contribution in [0.2, 0.25) is 0 Å². The third-order valence-electron chi connectivity index (χ3n) is 3.66. The van der Waals surface area contributed by atoms with Gasteiger partial charge in [0, 0.05) is 45.5 Å². The Kier molecular flexibility index (Phi) is 4.50. The highest BCUT2D eigenvalue weighted by Crippen LogP contribution is 2.12. The van der Waals surface area contributed by atoms with Crippen LogP contribution >= 0.6 is 0 Å². The molecule has 1 N–H and O–H groups in total. The van der Waals surface area contributed by atoms with Gasteiger partial charge < -0.3 is 14.6 Å². The quantitative estimate of drug-likeness (QED) is 0.896. The highest BCUT2D eigenvalue weighted by atomic mass is 16.3. The van der Waals surface area contributed by atoms with Gasteiger partial charge in [-0.25, -0.2) is 0 Å². The standard InChI is InChI=1S/C15H25N3O2/c1-4-17-7-5-6-13(17)14(19)18-10-8-16(9-11-18)12-15(2,3)20/h5-7,20H,4,8-12H2,1-3H3. The number of hydrogen-bond donors (Lipinski definition) is 1. The predicted molar refractivity (Wildman–Crippen MR) is 78.7 cm³/mol. The van der Waals surface area contributed by atoms with Gasteiger partial charge in [0.2, 0.25) is 0 Å². The molecular weight excluding hydrogens is 254 g/mol. The van der Waals surface area contributed by atoms with Crippen LogP contribution in [0, 0.1) is 0 Å². The Morgan fingerprint density at radius 3 is 2.50 bits per heavy atom. The summed E-state index contributed by atoms with van der Waals surface area (Å²) in [7, 11) is 0. The number of aromatic nitrogens is 1. The van der Waals surface area contributed by atoms with Crippen LogP contribution in [-0.2, 0) is 6.54 Å². The second-order valence-corrected chi connectivity index (χ2v) is 6.06. The molecule has 5 heteroatoms. The van der Waals surface area contributed by atoms with E-state index in [4.69, 9.17) is 0 Å². The summed E-state index contributed by atoms with van der Waals surface area (Å²) in [6, 6.07) is 3.80. The Morgan fingerprint density at radius 2 is 1.95 bits per heavy atom. The van der Waals surface area contributed by atoms with E-state index in [9.17, 15) is 9.90 Å². The van der Waals surface area contributed by atoms with Crippen molar-refractivity contribution in [3.8, 4) is 0 Å². The monoisotopic (exact) mass is 279 g/mol. The van der Waals surface area contributed by atoms with E-state index in [0.29, 0.717) is 6.54 Å². The lowest BCUT2D eigenvalue weighted by Crippen LogP contribution is -2.52. The minimum absolute atomic E-state index is 0.111. The van der Waals surface area contributed by atoms with Crippen LogP contribution in [-0.4, -0.2) is 63.7 Å². The maximum atomic E-state index is 12.5. The number of aryl methyl sites for hydroxylation is 1. The fraction of sp³-hybridized carbons (Fsp3) is 0.667. The smallest absolute Gasteiger partial charge is 0.270 e. The molecule has 1 saturated heterocycles. The summed E-state index contributed by atoms with van der Waals surface area (Å²) >= 11 is 0. The van der Waals surface area contributed by atoms with Crippen LogP contribution in [0.4, 0.5) is 0 Å². The number of carbonyl (C=O) groups excluding carboxylic acids is 1. The summed E-state index contributed by atoms with van der Waals surface area (Å²) in [5, 5.41) is 9.84. The van der Waals surface area contributed by atoms with Crippen molar-refractivity contribution < 1.29 is 9.90 Å². The fourth-order valence-electron chi connectivity index (χ4n) is 2.70. The van der Waals surface area contributed by atoms with E-state index in [2.05, 4.69) is 4.90 Å². The Balaban J connectivity index is 1.92. The first kappa shape index (κ1) is 15.1. The molecule has 0 saturated carbocycles. The van der Waals surface area contributed by atoms with Gasteiger partial charge in [-0.15, -0.1) is 0 Å². The van der Waals surface area contributed by atoms with E-state index in [0.717, 1.165) is 38.4 Å². The summed E-state index contributed by atoms with van der Waals surface area (Å²) in [6.45, 7) is 10.2. The normalized spacial score (nSPS) is 17.5. The minimum atomic E-state index is -0.677. The first-order valence-corrected chi connectivity index (χ1v) is 7.30. The van der Waals surface area contributed by atoms with Crippen molar-refractivity contribution in [3.63, 3.8) is 0 Å². The molecule has 1 aliphatic heterocycles. The number of hydrogen-bond acceptors (Lipinski definition) is 3. The Bertz CT molecular complexity index is 454. The zero-order valence-electron chi connectivity index (χ0n) is 12.7. The summed E-state index contributed by atoms with van der Waals surface area (Å²) in [6.07, 6.45) is 1.94. The van der Waals surface area contributed by atoms with Crippen molar-refractivity contribution in [3.05, 3.63) is 24.0 Å². The van der Waals surface area contributed by atoms with Crippen molar-refractivity contribution >= 4 is 5.91 Å². The number of nitrogens with zero attached hydrogens (tertiary/aromatic N) is 3. The van der Waals surface area contributed by atoms with Gasteiger partial charge in [0.1, 0.15) is 5.69 Å². The molecular formula is C15H25N3O2. The molecule has 1 aromatic heterocycles. The van der Waals surface area contributed by atoms with Crippen LogP contribution in [0.15, 0.2) is 18.3 Å². The molecule has 2 rings (SSSR count). The molecule has 1 aromatic rings. The zero-order chi connectivity index (χ0) is 14.8. The molecule has 0 radical (unpaired) electrons. The van der Waals surface area contributed by atoms with Gasteiger partial charge >= 0.3 is 0 Å². The van der Waals surface area contributed by atoms with Crippen LogP contribution in [0.1, 0.15) is 31.3 Å². The second kappa shape index (κ2) is 5.97. The molecule has 1 amide bonds. The van der Waals surface area contributed by atoms with Gasteiger partial charge in [0.15, 0.2) is 0 Å². The molecule has 2 heterocycles. The van der Waals surface area contributed by atoms with Crippen LogP contribution in [0.5, 0.6) is 0 Å². The van der Waals surface area contributed by atoms with Crippen LogP contribution in [0.25, 0.3) is 0 Å². The first-order chi connectivity index (χ1) is 9.40. The van der Waals surface area contributed by atoms with Gasteiger partial charge in [-0.2, -0.15) is 0 Å². The first-order valence-electron chi connectivity index (χ1n) is 7.30. The number of carbonyl (C=O) groups is 1. The summed E-state index contributed by atoms with van der Waals surface area (Å²) in [4.78, 5) is 16.6. The molecule has 112 valence electrons. The number of aliphatic hydroxyl groups is 1. The van der Waals surface area contributed by atoms with Gasteiger partial charge in [0.25, 0.3) is 5.91 Å².